The lowest BCUT2D eigenvalue weighted by Crippen LogP contribution is -2.26. The van der Waals surface area contributed by atoms with Crippen LogP contribution in [0.3, 0.4) is 0 Å². The minimum atomic E-state index is -0.813. The van der Waals surface area contributed by atoms with Crippen LogP contribution in [0.5, 0.6) is 0 Å². The monoisotopic (exact) mass is 374 g/mol. The van der Waals surface area contributed by atoms with Crippen molar-refractivity contribution in [1.29, 1.82) is 0 Å². The van der Waals surface area contributed by atoms with E-state index in [-0.39, 0.29) is 23.5 Å². The van der Waals surface area contributed by atoms with Crippen molar-refractivity contribution in [2.75, 3.05) is 6.54 Å². The van der Waals surface area contributed by atoms with E-state index in [9.17, 15) is 23.7 Å². The van der Waals surface area contributed by atoms with E-state index >= 15 is 0 Å². The second-order valence-corrected chi connectivity index (χ2v) is 6.09. The fourth-order valence-corrected chi connectivity index (χ4v) is 2.81. The van der Waals surface area contributed by atoms with Crippen LogP contribution in [0.15, 0.2) is 30.3 Å². The fourth-order valence-electron chi connectivity index (χ4n) is 2.81. The molecule has 1 heterocycles. The normalized spacial score (nSPS) is 11.0. The van der Waals surface area contributed by atoms with Crippen molar-refractivity contribution in [3.8, 4) is 0 Å². The van der Waals surface area contributed by atoms with Crippen LogP contribution in [-0.4, -0.2) is 26.9 Å². The summed E-state index contributed by atoms with van der Waals surface area (Å²) < 4.78 is 28.9. The number of aryl methyl sites for hydroxylation is 1. The van der Waals surface area contributed by atoms with Gasteiger partial charge in [0.2, 0.25) is 0 Å². The Morgan fingerprint density at radius 2 is 2.04 bits per heavy atom. The van der Waals surface area contributed by atoms with Crippen LogP contribution in [-0.2, 0) is 13.5 Å². The van der Waals surface area contributed by atoms with Gasteiger partial charge in [0.1, 0.15) is 17.5 Å². The Bertz CT molecular complexity index is 1060. The van der Waals surface area contributed by atoms with E-state index in [2.05, 4.69) is 10.3 Å². The Hall–Kier alpha value is -3.36. The molecule has 0 radical (unpaired) electrons. The molecule has 0 aliphatic rings. The number of halogens is 2. The van der Waals surface area contributed by atoms with E-state index in [1.165, 1.54) is 19.1 Å². The van der Waals surface area contributed by atoms with E-state index in [0.29, 0.717) is 23.3 Å². The summed E-state index contributed by atoms with van der Waals surface area (Å²) in [6.45, 7) is 1.46. The van der Waals surface area contributed by atoms with Gasteiger partial charge in [-0.05, 0) is 31.2 Å². The van der Waals surface area contributed by atoms with Crippen molar-refractivity contribution >= 4 is 22.6 Å². The largest absolute Gasteiger partial charge is 0.352 e. The molecule has 1 N–H and O–H groups in total. The lowest BCUT2D eigenvalue weighted by Gasteiger charge is -2.07. The second-order valence-electron chi connectivity index (χ2n) is 6.09. The molecule has 9 heteroatoms. The summed E-state index contributed by atoms with van der Waals surface area (Å²) >= 11 is 0. The average Bonchev–Trinajstić information content (AvgIpc) is 2.92. The minimum absolute atomic E-state index is 0.122. The van der Waals surface area contributed by atoms with Gasteiger partial charge in [-0.15, -0.1) is 0 Å². The van der Waals surface area contributed by atoms with Crippen molar-refractivity contribution in [3.05, 3.63) is 69.0 Å². The molecule has 2 aromatic carbocycles. The van der Waals surface area contributed by atoms with E-state index < -0.39 is 22.3 Å². The van der Waals surface area contributed by atoms with Crippen LogP contribution in [0, 0.1) is 28.7 Å². The predicted octanol–water partition coefficient (Wildman–Crippen LogP) is 3.04. The number of aromatic nitrogens is 2. The number of carbonyl (C=O) groups is 1. The summed E-state index contributed by atoms with van der Waals surface area (Å²) in [6, 6.07) is 6.28. The number of hydrogen-bond donors (Lipinski definition) is 1. The molecule has 0 spiro atoms. The highest BCUT2D eigenvalue weighted by molar-refractivity contribution is 5.95. The number of nitrogens with zero attached hydrogens (tertiary/aromatic N) is 3. The van der Waals surface area contributed by atoms with Crippen LogP contribution in [0.4, 0.5) is 14.5 Å². The highest BCUT2D eigenvalue weighted by atomic mass is 19.1. The molecule has 1 aromatic heterocycles. The lowest BCUT2D eigenvalue weighted by atomic mass is 10.1. The number of amides is 1. The summed E-state index contributed by atoms with van der Waals surface area (Å²) in [5.74, 6) is -1.17. The molecule has 0 fully saturated rings. The molecular formula is C18H16F2N4O3. The Kier molecular flexibility index (Phi) is 4.85. The van der Waals surface area contributed by atoms with Crippen LogP contribution in [0.25, 0.3) is 11.0 Å². The summed E-state index contributed by atoms with van der Waals surface area (Å²) in [5, 5.41) is 13.6. The molecule has 140 valence electrons. The molecule has 3 rings (SSSR count). The highest BCUT2D eigenvalue weighted by Gasteiger charge is 2.19. The molecule has 0 atom stereocenters. The molecule has 0 aliphatic carbocycles. The zero-order valence-electron chi connectivity index (χ0n) is 14.6. The number of rotatable bonds is 5. The average molecular weight is 374 g/mol. The Morgan fingerprint density at radius 1 is 1.30 bits per heavy atom. The topological polar surface area (TPSA) is 90.1 Å². The molecular weight excluding hydrogens is 358 g/mol. The van der Waals surface area contributed by atoms with Gasteiger partial charge in [-0.2, -0.15) is 0 Å². The van der Waals surface area contributed by atoms with Crippen molar-refractivity contribution < 1.29 is 18.5 Å². The highest BCUT2D eigenvalue weighted by Crippen LogP contribution is 2.23. The minimum Gasteiger partial charge on any atom is -0.352 e. The molecule has 0 unspecified atom stereocenters. The van der Waals surface area contributed by atoms with Crippen molar-refractivity contribution in [1.82, 2.24) is 14.9 Å². The maximum absolute atomic E-state index is 13.8. The van der Waals surface area contributed by atoms with Crippen molar-refractivity contribution in [3.63, 3.8) is 0 Å². The fraction of sp³-hybridized carbons (Fsp3) is 0.222. The van der Waals surface area contributed by atoms with E-state index in [1.807, 2.05) is 0 Å². The molecule has 7 nitrogen and oxygen atoms in total. The number of nitrogens with one attached hydrogen (secondary N) is 1. The smallest absolute Gasteiger partial charge is 0.276 e. The zero-order chi connectivity index (χ0) is 19.7. The van der Waals surface area contributed by atoms with Crippen molar-refractivity contribution in [2.24, 2.45) is 7.05 Å². The molecule has 1 amide bonds. The number of benzene rings is 2. The Balaban J connectivity index is 1.72. The van der Waals surface area contributed by atoms with Gasteiger partial charge in [-0.1, -0.05) is 0 Å². The van der Waals surface area contributed by atoms with Crippen LogP contribution in [0.1, 0.15) is 21.7 Å². The van der Waals surface area contributed by atoms with E-state index in [1.54, 1.807) is 17.7 Å². The second kappa shape index (κ2) is 7.10. The van der Waals surface area contributed by atoms with E-state index in [0.717, 1.165) is 12.1 Å². The van der Waals surface area contributed by atoms with Crippen LogP contribution in [0.2, 0.25) is 0 Å². The van der Waals surface area contributed by atoms with Gasteiger partial charge in [0.25, 0.3) is 11.6 Å². The van der Waals surface area contributed by atoms with E-state index in [4.69, 9.17) is 0 Å². The molecule has 0 saturated carbocycles. The Labute approximate surface area is 152 Å². The third-order valence-electron chi connectivity index (χ3n) is 4.35. The van der Waals surface area contributed by atoms with Gasteiger partial charge >= 0.3 is 0 Å². The molecule has 0 saturated heterocycles. The van der Waals surface area contributed by atoms with Crippen LogP contribution < -0.4 is 5.32 Å². The molecule has 0 bridgehead atoms. The maximum atomic E-state index is 13.8. The summed E-state index contributed by atoms with van der Waals surface area (Å²) in [7, 11) is 1.74. The van der Waals surface area contributed by atoms with Crippen LogP contribution >= 0.6 is 0 Å². The van der Waals surface area contributed by atoms with Gasteiger partial charge in [0, 0.05) is 31.6 Å². The first-order valence-electron chi connectivity index (χ1n) is 8.11. The number of nitro benzene ring substituents is 1. The van der Waals surface area contributed by atoms with Gasteiger partial charge < -0.3 is 9.88 Å². The third kappa shape index (κ3) is 3.62. The maximum Gasteiger partial charge on any atom is 0.276 e. The van der Waals surface area contributed by atoms with Gasteiger partial charge in [-0.25, -0.2) is 13.8 Å². The number of fused-ring (bicyclic) bond motifs is 1. The quantitative estimate of drug-likeness (QED) is 0.549. The zero-order valence-corrected chi connectivity index (χ0v) is 14.6. The molecule has 27 heavy (non-hydrogen) atoms. The summed E-state index contributed by atoms with van der Waals surface area (Å²) in [5.41, 5.74) is 0.571. The first-order valence-corrected chi connectivity index (χ1v) is 8.11. The number of imidazole rings is 1. The molecule has 0 aliphatic heterocycles. The number of hydrogen-bond acceptors (Lipinski definition) is 4. The lowest BCUT2D eigenvalue weighted by molar-refractivity contribution is -0.385. The predicted molar refractivity (Wildman–Crippen MR) is 94.5 cm³/mol. The summed E-state index contributed by atoms with van der Waals surface area (Å²) in [6.07, 6.45) is 0.356. The molecule has 3 aromatic rings. The first kappa shape index (κ1) is 18.4. The number of carbonyl (C=O) groups excluding carboxylic acids is 1. The van der Waals surface area contributed by atoms with Crippen molar-refractivity contribution in [2.45, 2.75) is 13.3 Å². The SMILES string of the molecule is Cc1c(F)cc(C(=O)NCCc2nc3ccc(F)cc3n2C)cc1[N+](=O)[O-]. The number of nitro groups is 1. The van der Waals surface area contributed by atoms with Gasteiger partial charge in [0.05, 0.1) is 21.5 Å². The Morgan fingerprint density at radius 3 is 2.74 bits per heavy atom. The third-order valence-corrected chi connectivity index (χ3v) is 4.35. The first-order chi connectivity index (χ1) is 12.8. The van der Waals surface area contributed by atoms with Gasteiger partial charge in [0.15, 0.2) is 0 Å². The standard InChI is InChI=1S/C18H16F2N4O3/c1-10-13(20)7-11(8-15(10)24(26)27)18(25)21-6-5-17-22-14-4-3-12(19)9-16(14)23(17)2/h3-4,7-9H,5-6H2,1-2H3,(H,21,25). The van der Waals surface area contributed by atoms with Gasteiger partial charge in [-0.3, -0.25) is 14.9 Å². The summed E-state index contributed by atoms with van der Waals surface area (Å²) in [4.78, 5) is 26.8.